The molecule has 1 unspecified atom stereocenters. The Morgan fingerprint density at radius 3 is 2.83 bits per heavy atom. The molecule has 3 heteroatoms. The van der Waals surface area contributed by atoms with E-state index in [1.54, 1.807) is 11.3 Å². The number of hydrogen-bond donors (Lipinski definition) is 1. The molecule has 0 spiro atoms. The van der Waals surface area contributed by atoms with Crippen LogP contribution in [0.15, 0.2) is 29.6 Å². The highest BCUT2D eigenvalue weighted by atomic mass is 32.1. The molecular weight excluding hydrogens is 302 g/mol. The Bertz CT molecular complexity index is 671. The molecule has 0 radical (unpaired) electrons. The SMILES string of the molecule is CCCCc1ccc(NC(=O)c2csc3c2CCC(C)C3)cc1. The molecule has 23 heavy (non-hydrogen) atoms. The molecule has 1 N–H and O–H groups in total. The topological polar surface area (TPSA) is 29.1 Å². The highest BCUT2D eigenvalue weighted by Gasteiger charge is 2.23. The molecule has 2 aromatic rings. The molecule has 1 aromatic carbocycles. The molecule has 1 aliphatic rings. The monoisotopic (exact) mass is 327 g/mol. The van der Waals surface area contributed by atoms with Crippen molar-refractivity contribution in [3.8, 4) is 0 Å². The second-order valence-electron chi connectivity index (χ2n) is 6.65. The Hall–Kier alpha value is -1.61. The number of thiophene rings is 1. The fourth-order valence-corrected chi connectivity index (χ4v) is 4.45. The van der Waals surface area contributed by atoms with Gasteiger partial charge < -0.3 is 5.32 Å². The smallest absolute Gasteiger partial charge is 0.256 e. The largest absolute Gasteiger partial charge is 0.322 e. The van der Waals surface area contributed by atoms with Gasteiger partial charge in [0, 0.05) is 15.9 Å². The van der Waals surface area contributed by atoms with Crippen molar-refractivity contribution in [2.45, 2.75) is 52.4 Å². The van der Waals surface area contributed by atoms with Gasteiger partial charge in [0.2, 0.25) is 0 Å². The number of carbonyl (C=O) groups is 1. The minimum Gasteiger partial charge on any atom is -0.322 e. The van der Waals surface area contributed by atoms with Crippen molar-refractivity contribution in [3.63, 3.8) is 0 Å². The number of anilines is 1. The van der Waals surface area contributed by atoms with E-state index in [1.165, 1.54) is 35.3 Å². The molecule has 0 aliphatic heterocycles. The highest BCUT2D eigenvalue weighted by molar-refractivity contribution is 7.10. The quantitative estimate of drug-likeness (QED) is 0.775. The molecule has 122 valence electrons. The van der Waals surface area contributed by atoms with Gasteiger partial charge in [0.05, 0.1) is 5.56 Å². The first-order valence-corrected chi connectivity index (χ1v) is 9.55. The number of fused-ring (bicyclic) bond motifs is 1. The van der Waals surface area contributed by atoms with Crippen LogP contribution in [0.1, 0.15) is 59.5 Å². The second-order valence-corrected chi connectivity index (χ2v) is 7.62. The van der Waals surface area contributed by atoms with Crippen LogP contribution >= 0.6 is 11.3 Å². The maximum Gasteiger partial charge on any atom is 0.256 e. The summed E-state index contributed by atoms with van der Waals surface area (Å²) >= 11 is 1.75. The second kappa shape index (κ2) is 7.31. The van der Waals surface area contributed by atoms with E-state index in [4.69, 9.17) is 0 Å². The summed E-state index contributed by atoms with van der Waals surface area (Å²) in [6, 6.07) is 8.28. The Kier molecular flexibility index (Phi) is 5.16. The summed E-state index contributed by atoms with van der Waals surface area (Å²) in [4.78, 5) is 14.0. The molecule has 1 amide bonds. The van der Waals surface area contributed by atoms with Crippen molar-refractivity contribution in [2.24, 2.45) is 5.92 Å². The maximum absolute atomic E-state index is 12.6. The van der Waals surface area contributed by atoms with Gasteiger partial charge in [-0.15, -0.1) is 11.3 Å². The van der Waals surface area contributed by atoms with Crippen LogP contribution in [0.3, 0.4) is 0 Å². The van der Waals surface area contributed by atoms with E-state index in [0.29, 0.717) is 0 Å². The first-order chi connectivity index (χ1) is 11.2. The van der Waals surface area contributed by atoms with Crippen LogP contribution in [0.5, 0.6) is 0 Å². The van der Waals surface area contributed by atoms with Gasteiger partial charge in [-0.1, -0.05) is 32.4 Å². The number of carbonyl (C=O) groups excluding carboxylic acids is 1. The fourth-order valence-electron chi connectivity index (χ4n) is 3.20. The standard InChI is InChI=1S/C20H25NOS/c1-3-4-5-15-7-9-16(10-8-15)21-20(22)18-13-23-19-12-14(2)6-11-17(18)19/h7-10,13-14H,3-6,11-12H2,1-2H3,(H,21,22). The zero-order valence-electron chi connectivity index (χ0n) is 14.0. The lowest BCUT2D eigenvalue weighted by Gasteiger charge is -2.18. The molecule has 2 nitrogen and oxygen atoms in total. The van der Waals surface area contributed by atoms with Crippen LogP contribution in [-0.2, 0) is 19.3 Å². The van der Waals surface area contributed by atoms with Gasteiger partial charge in [0.15, 0.2) is 0 Å². The minimum atomic E-state index is 0.0401. The van der Waals surface area contributed by atoms with Gasteiger partial charge in [-0.25, -0.2) is 0 Å². The Labute approximate surface area is 142 Å². The van der Waals surface area contributed by atoms with Gasteiger partial charge in [0.25, 0.3) is 5.91 Å². The lowest BCUT2D eigenvalue weighted by molar-refractivity contribution is 0.102. The first kappa shape index (κ1) is 16.3. The molecule has 1 aliphatic carbocycles. The number of amides is 1. The Morgan fingerprint density at radius 1 is 1.30 bits per heavy atom. The molecule has 0 saturated heterocycles. The van der Waals surface area contributed by atoms with Crippen molar-refractivity contribution in [1.82, 2.24) is 0 Å². The minimum absolute atomic E-state index is 0.0401. The lowest BCUT2D eigenvalue weighted by Crippen LogP contribution is -2.16. The predicted molar refractivity (Wildman–Crippen MR) is 98.5 cm³/mol. The van der Waals surface area contributed by atoms with E-state index in [-0.39, 0.29) is 5.91 Å². The van der Waals surface area contributed by atoms with Crippen LogP contribution in [0.2, 0.25) is 0 Å². The summed E-state index contributed by atoms with van der Waals surface area (Å²) in [5.41, 5.74) is 4.39. The summed E-state index contributed by atoms with van der Waals surface area (Å²) in [6.07, 6.45) is 6.89. The van der Waals surface area contributed by atoms with Crippen LogP contribution in [0.4, 0.5) is 5.69 Å². The number of unbranched alkanes of at least 4 members (excludes halogenated alkanes) is 1. The fraction of sp³-hybridized carbons (Fsp3) is 0.450. The van der Waals surface area contributed by atoms with Gasteiger partial charge in [-0.3, -0.25) is 4.79 Å². The van der Waals surface area contributed by atoms with E-state index in [0.717, 1.165) is 36.4 Å². The third kappa shape index (κ3) is 3.84. The van der Waals surface area contributed by atoms with Gasteiger partial charge in [-0.2, -0.15) is 0 Å². The summed E-state index contributed by atoms with van der Waals surface area (Å²) in [5, 5.41) is 5.09. The van der Waals surface area contributed by atoms with Crippen LogP contribution in [-0.4, -0.2) is 5.91 Å². The molecule has 0 fully saturated rings. The van der Waals surface area contributed by atoms with Gasteiger partial charge in [0.1, 0.15) is 0 Å². The number of hydrogen-bond acceptors (Lipinski definition) is 2. The molecule has 1 atom stereocenters. The van der Waals surface area contributed by atoms with Crippen LogP contribution in [0.25, 0.3) is 0 Å². The Morgan fingerprint density at radius 2 is 2.09 bits per heavy atom. The molecular formula is C20H25NOS. The van der Waals surface area contributed by atoms with Gasteiger partial charge in [-0.05, 0) is 61.3 Å². The highest BCUT2D eigenvalue weighted by Crippen LogP contribution is 2.33. The molecule has 0 saturated carbocycles. The summed E-state index contributed by atoms with van der Waals surface area (Å²) in [7, 11) is 0. The zero-order chi connectivity index (χ0) is 16.2. The summed E-state index contributed by atoms with van der Waals surface area (Å²) in [5.74, 6) is 0.783. The van der Waals surface area contributed by atoms with E-state index >= 15 is 0 Å². The lowest BCUT2D eigenvalue weighted by atomic mass is 9.88. The number of aryl methyl sites for hydroxylation is 1. The van der Waals surface area contributed by atoms with Crippen molar-refractivity contribution in [2.75, 3.05) is 5.32 Å². The average Bonchev–Trinajstić information content (AvgIpc) is 2.97. The maximum atomic E-state index is 12.6. The predicted octanol–water partition coefficient (Wildman–Crippen LogP) is 5.47. The number of rotatable bonds is 5. The van der Waals surface area contributed by atoms with Crippen molar-refractivity contribution < 1.29 is 4.79 Å². The zero-order valence-corrected chi connectivity index (χ0v) is 14.8. The van der Waals surface area contributed by atoms with Crippen molar-refractivity contribution in [3.05, 3.63) is 51.2 Å². The molecule has 1 heterocycles. The van der Waals surface area contributed by atoms with E-state index in [1.807, 2.05) is 17.5 Å². The third-order valence-electron chi connectivity index (χ3n) is 4.68. The number of nitrogens with one attached hydrogen (secondary N) is 1. The van der Waals surface area contributed by atoms with Crippen LogP contribution < -0.4 is 5.32 Å². The normalized spacial score (nSPS) is 16.9. The molecule has 1 aromatic heterocycles. The van der Waals surface area contributed by atoms with E-state index in [9.17, 15) is 4.79 Å². The third-order valence-corrected chi connectivity index (χ3v) is 5.73. The van der Waals surface area contributed by atoms with Crippen LogP contribution in [0, 0.1) is 5.92 Å². The van der Waals surface area contributed by atoms with Crippen molar-refractivity contribution >= 4 is 22.9 Å². The molecule has 0 bridgehead atoms. The van der Waals surface area contributed by atoms with E-state index < -0.39 is 0 Å². The molecule has 3 rings (SSSR count). The van der Waals surface area contributed by atoms with E-state index in [2.05, 4.69) is 31.3 Å². The first-order valence-electron chi connectivity index (χ1n) is 8.67. The van der Waals surface area contributed by atoms with Gasteiger partial charge >= 0.3 is 0 Å². The summed E-state index contributed by atoms with van der Waals surface area (Å²) < 4.78 is 0. The average molecular weight is 327 g/mol. The van der Waals surface area contributed by atoms with Crippen molar-refractivity contribution in [1.29, 1.82) is 0 Å². The summed E-state index contributed by atoms with van der Waals surface area (Å²) in [6.45, 7) is 4.50. The number of benzene rings is 1. The Balaban J connectivity index is 1.68.